The summed E-state index contributed by atoms with van der Waals surface area (Å²) >= 11 is 6.52. The molecule has 0 bridgehead atoms. The van der Waals surface area contributed by atoms with E-state index in [-0.39, 0.29) is 17.1 Å². The maximum atomic E-state index is 11.2. The van der Waals surface area contributed by atoms with E-state index in [9.17, 15) is 14.9 Å². The second-order valence-corrected chi connectivity index (χ2v) is 5.66. The zero-order valence-corrected chi connectivity index (χ0v) is 13.4. The van der Waals surface area contributed by atoms with Crippen LogP contribution in [0, 0.1) is 10.1 Å². The predicted octanol–water partition coefficient (Wildman–Crippen LogP) is 4.61. The Balaban J connectivity index is 2.56. The number of ether oxygens (including phenoxy) is 1. The minimum absolute atomic E-state index is 0.273. The van der Waals surface area contributed by atoms with Crippen molar-refractivity contribution in [1.29, 1.82) is 0 Å². The Hall–Kier alpha value is -1.93. The van der Waals surface area contributed by atoms with E-state index < -0.39 is 16.6 Å². The Morgan fingerprint density at radius 1 is 1.24 bits per heavy atom. The highest BCUT2D eigenvalue weighted by Gasteiger charge is 2.24. The summed E-state index contributed by atoms with van der Waals surface area (Å²) in [4.78, 5) is 21.6. The summed E-state index contributed by atoms with van der Waals surface area (Å²) in [7, 11) is 0. The minimum Gasteiger partial charge on any atom is -0.478 e. The van der Waals surface area contributed by atoms with Gasteiger partial charge in [0.2, 0.25) is 5.75 Å². The predicted molar refractivity (Wildman–Crippen MR) is 82.0 cm³/mol. The molecule has 2 aromatic rings. The number of hydrogen-bond acceptors (Lipinski definition) is 4. The van der Waals surface area contributed by atoms with Gasteiger partial charge in [0.15, 0.2) is 0 Å². The molecule has 0 aliphatic heterocycles. The Labute approximate surface area is 135 Å². The minimum atomic E-state index is -1.30. The third kappa shape index (κ3) is 3.40. The van der Waals surface area contributed by atoms with Crippen molar-refractivity contribution in [2.24, 2.45) is 0 Å². The van der Waals surface area contributed by atoms with E-state index >= 15 is 0 Å². The van der Waals surface area contributed by atoms with Crippen LogP contribution in [0.1, 0.15) is 10.4 Å². The number of carbonyl (C=O) groups is 1. The van der Waals surface area contributed by atoms with Crippen LogP contribution in [0.15, 0.2) is 45.3 Å². The molecule has 0 aliphatic rings. The molecular formula is C13H7Br2NO5. The van der Waals surface area contributed by atoms with Gasteiger partial charge in [-0.25, -0.2) is 4.79 Å². The SMILES string of the molecule is O=C(O)c1cccc([N+](=O)[O-])c1Oc1ccc(Br)cc1Br. The van der Waals surface area contributed by atoms with Crippen LogP contribution in [0.25, 0.3) is 0 Å². The van der Waals surface area contributed by atoms with Crippen molar-refractivity contribution in [2.45, 2.75) is 0 Å². The van der Waals surface area contributed by atoms with Crippen LogP contribution < -0.4 is 4.74 Å². The molecule has 0 saturated carbocycles. The van der Waals surface area contributed by atoms with E-state index in [1.807, 2.05) is 0 Å². The first kappa shape index (κ1) is 15.5. The molecular weight excluding hydrogens is 410 g/mol. The van der Waals surface area contributed by atoms with Gasteiger partial charge >= 0.3 is 11.7 Å². The maximum absolute atomic E-state index is 11.2. The molecule has 2 aromatic carbocycles. The van der Waals surface area contributed by atoms with E-state index in [0.29, 0.717) is 4.47 Å². The summed E-state index contributed by atoms with van der Waals surface area (Å²) in [5.41, 5.74) is -0.691. The number of hydrogen-bond donors (Lipinski definition) is 1. The normalized spacial score (nSPS) is 10.2. The average molecular weight is 417 g/mol. The van der Waals surface area contributed by atoms with Gasteiger partial charge in [-0.05, 0) is 40.2 Å². The monoisotopic (exact) mass is 415 g/mol. The summed E-state index contributed by atoms with van der Waals surface area (Å²) < 4.78 is 6.77. The van der Waals surface area contributed by atoms with Crippen molar-refractivity contribution in [1.82, 2.24) is 0 Å². The number of rotatable bonds is 4. The molecule has 21 heavy (non-hydrogen) atoms. The van der Waals surface area contributed by atoms with Crippen LogP contribution in [-0.4, -0.2) is 16.0 Å². The van der Waals surface area contributed by atoms with Crippen LogP contribution in [0.5, 0.6) is 11.5 Å². The first-order valence-corrected chi connectivity index (χ1v) is 7.12. The molecule has 0 unspecified atom stereocenters. The van der Waals surface area contributed by atoms with Gasteiger partial charge in [-0.1, -0.05) is 22.0 Å². The number of benzene rings is 2. The molecule has 8 heteroatoms. The Morgan fingerprint density at radius 2 is 1.95 bits per heavy atom. The molecule has 1 N–H and O–H groups in total. The van der Waals surface area contributed by atoms with E-state index in [4.69, 9.17) is 9.84 Å². The van der Waals surface area contributed by atoms with Crippen molar-refractivity contribution in [3.8, 4) is 11.5 Å². The third-order valence-electron chi connectivity index (χ3n) is 2.53. The number of carboxylic acid groups (broad SMARTS) is 1. The van der Waals surface area contributed by atoms with Crippen molar-refractivity contribution >= 4 is 43.5 Å². The molecule has 0 radical (unpaired) electrons. The lowest BCUT2D eigenvalue weighted by atomic mass is 10.1. The van der Waals surface area contributed by atoms with Gasteiger partial charge in [-0.15, -0.1) is 0 Å². The second-order valence-electron chi connectivity index (χ2n) is 3.89. The summed E-state index contributed by atoms with van der Waals surface area (Å²) in [6.07, 6.45) is 0. The van der Waals surface area contributed by atoms with Crippen LogP contribution in [0.2, 0.25) is 0 Å². The highest BCUT2D eigenvalue weighted by atomic mass is 79.9. The number of nitro groups is 1. The van der Waals surface area contributed by atoms with Crippen LogP contribution in [0.3, 0.4) is 0 Å². The number of nitrogens with zero attached hydrogens (tertiary/aromatic N) is 1. The highest BCUT2D eigenvalue weighted by molar-refractivity contribution is 9.11. The zero-order valence-electron chi connectivity index (χ0n) is 10.2. The van der Waals surface area contributed by atoms with Gasteiger partial charge in [-0.3, -0.25) is 10.1 Å². The largest absolute Gasteiger partial charge is 0.478 e. The topological polar surface area (TPSA) is 89.7 Å². The number of aromatic carboxylic acids is 1. The molecule has 0 saturated heterocycles. The second kappa shape index (κ2) is 6.23. The molecule has 0 aliphatic carbocycles. The van der Waals surface area contributed by atoms with E-state index in [1.54, 1.807) is 18.2 Å². The van der Waals surface area contributed by atoms with Gasteiger partial charge in [0.1, 0.15) is 11.3 Å². The first-order chi connectivity index (χ1) is 9.90. The van der Waals surface area contributed by atoms with Crippen LogP contribution in [-0.2, 0) is 0 Å². The quantitative estimate of drug-likeness (QED) is 0.580. The van der Waals surface area contributed by atoms with Gasteiger partial charge in [0.05, 0.1) is 9.40 Å². The van der Waals surface area contributed by atoms with E-state index in [0.717, 1.165) is 4.47 Å². The van der Waals surface area contributed by atoms with Crippen LogP contribution in [0.4, 0.5) is 5.69 Å². The zero-order chi connectivity index (χ0) is 15.6. The van der Waals surface area contributed by atoms with E-state index in [2.05, 4.69) is 31.9 Å². The molecule has 6 nitrogen and oxygen atoms in total. The Morgan fingerprint density at radius 3 is 2.52 bits per heavy atom. The molecule has 0 atom stereocenters. The fourth-order valence-electron chi connectivity index (χ4n) is 1.61. The number of nitro benzene ring substituents is 1. The Kier molecular flexibility index (Phi) is 4.59. The maximum Gasteiger partial charge on any atom is 0.339 e. The van der Waals surface area contributed by atoms with Gasteiger partial charge < -0.3 is 9.84 Å². The summed E-state index contributed by atoms with van der Waals surface area (Å²) in [6, 6.07) is 8.66. The molecule has 0 heterocycles. The molecule has 0 aromatic heterocycles. The van der Waals surface area contributed by atoms with Crippen molar-refractivity contribution in [2.75, 3.05) is 0 Å². The summed E-state index contributed by atoms with van der Waals surface area (Å²) in [5, 5.41) is 20.2. The van der Waals surface area contributed by atoms with Gasteiger partial charge in [-0.2, -0.15) is 0 Å². The molecule has 108 valence electrons. The summed E-state index contributed by atoms with van der Waals surface area (Å²) in [5.74, 6) is -1.34. The molecule has 0 amide bonds. The lowest BCUT2D eigenvalue weighted by molar-refractivity contribution is -0.385. The third-order valence-corrected chi connectivity index (χ3v) is 3.64. The van der Waals surface area contributed by atoms with E-state index in [1.165, 1.54) is 18.2 Å². The lowest BCUT2D eigenvalue weighted by Crippen LogP contribution is -2.03. The molecule has 0 spiro atoms. The van der Waals surface area contributed by atoms with Crippen LogP contribution >= 0.6 is 31.9 Å². The number of halogens is 2. The summed E-state index contributed by atoms with van der Waals surface area (Å²) in [6.45, 7) is 0. The lowest BCUT2D eigenvalue weighted by Gasteiger charge is -2.10. The van der Waals surface area contributed by atoms with Crippen molar-refractivity contribution in [3.05, 3.63) is 61.0 Å². The Bertz CT molecular complexity index is 700. The highest BCUT2D eigenvalue weighted by Crippen LogP contribution is 2.38. The number of para-hydroxylation sites is 1. The molecule has 2 rings (SSSR count). The van der Waals surface area contributed by atoms with Gasteiger partial charge in [0.25, 0.3) is 0 Å². The standard InChI is InChI=1S/C13H7Br2NO5/c14-7-4-5-11(9(15)6-7)21-12-8(13(17)18)2-1-3-10(12)16(19)20/h1-6H,(H,17,18). The fraction of sp³-hybridized carbons (Fsp3) is 0. The molecule has 0 fully saturated rings. The van der Waals surface area contributed by atoms with Crippen molar-refractivity contribution < 1.29 is 19.6 Å². The fourth-order valence-corrected chi connectivity index (χ4v) is 2.74. The smallest absolute Gasteiger partial charge is 0.339 e. The number of carboxylic acids is 1. The van der Waals surface area contributed by atoms with Crippen molar-refractivity contribution in [3.63, 3.8) is 0 Å². The van der Waals surface area contributed by atoms with Gasteiger partial charge in [0, 0.05) is 10.5 Å². The average Bonchev–Trinajstić information content (AvgIpc) is 2.41. The first-order valence-electron chi connectivity index (χ1n) is 5.53.